The van der Waals surface area contributed by atoms with Gasteiger partial charge in [0.15, 0.2) is 0 Å². The second-order valence-electron chi connectivity index (χ2n) is 3.54. The van der Waals surface area contributed by atoms with Gasteiger partial charge in [-0.1, -0.05) is 12.1 Å². The SMILES string of the molecule is CCN1C(=O)NCc2ccc(C)cc21. The molecule has 74 valence electrons. The van der Waals surface area contributed by atoms with Gasteiger partial charge in [-0.15, -0.1) is 0 Å². The van der Waals surface area contributed by atoms with E-state index in [1.807, 2.05) is 13.8 Å². The Morgan fingerprint density at radius 2 is 2.29 bits per heavy atom. The highest BCUT2D eigenvalue weighted by Crippen LogP contribution is 2.25. The highest BCUT2D eigenvalue weighted by atomic mass is 16.2. The summed E-state index contributed by atoms with van der Waals surface area (Å²) in [5, 5.41) is 2.85. The molecule has 0 bridgehead atoms. The molecule has 0 saturated carbocycles. The van der Waals surface area contributed by atoms with Crippen LogP contribution in [0.2, 0.25) is 0 Å². The van der Waals surface area contributed by atoms with Gasteiger partial charge in [-0.25, -0.2) is 4.79 Å². The Balaban J connectivity index is 2.49. The normalized spacial score (nSPS) is 15.0. The lowest BCUT2D eigenvalue weighted by molar-refractivity contribution is 0.245. The van der Waals surface area contributed by atoms with Crippen LogP contribution in [0.5, 0.6) is 0 Å². The van der Waals surface area contributed by atoms with Crippen LogP contribution in [0.4, 0.5) is 10.5 Å². The third kappa shape index (κ3) is 1.35. The van der Waals surface area contributed by atoms with Crippen LogP contribution in [0.1, 0.15) is 18.1 Å². The molecule has 0 aliphatic carbocycles. The van der Waals surface area contributed by atoms with Crippen molar-refractivity contribution in [2.45, 2.75) is 20.4 Å². The maximum absolute atomic E-state index is 11.5. The van der Waals surface area contributed by atoms with Crippen molar-refractivity contribution in [1.29, 1.82) is 0 Å². The van der Waals surface area contributed by atoms with Crippen molar-refractivity contribution >= 4 is 11.7 Å². The van der Waals surface area contributed by atoms with Crippen molar-refractivity contribution in [2.24, 2.45) is 0 Å². The van der Waals surface area contributed by atoms with Gasteiger partial charge in [0, 0.05) is 13.1 Å². The van der Waals surface area contributed by atoms with Gasteiger partial charge in [0.1, 0.15) is 0 Å². The van der Waals surface area contributed by atoms with Gasteiger partial charge < -0.3 is 5.32 Å². The highest BCUT2D eigenvalue weighted by Gasteiger charge is 2.21. The van der Waals surface area contributed by atoms with Gasteiger partial charge in [0.25, 0.3) is 0 Å². The van der Waals surface area contributed by atoms with E-state index in [4.69, 9.17) is 0 Å². The first-order chi connectivity index (χ1) is 6.72. The summed E-state index contributed by atoms with van der Waals surface area (Å²) in [5.74, 6) is 0. The number of fused-ring (bicyclic) bond motifs is 1. The van der Waals surface area contributed by atoms with Crippen molar-refractivity contribution in [1.82, 2.24) is 5.32 Å². The van der Waals surface area contributed by atoms with Gasteiger partial charge >= 0.3 is 6.03 Å². The molecule has 0 aromatic heterocycles. The molecule has 2 amide bonds. The fourth-order valence-electron chi connectivity index (χ4n) is 1.76. The van der Waals surface area contributed by atoms with E-state index in [1.54, 1.807) is 4.90 Å². The number of anilines is 1. The van der Waals surface area contributed by atoms with Crippen LogP contribution in [-0.2, 0) is 6.54 Å². The summed E-state index contributed by atoms with van der Waals surface area (Å²) in [6, 6.07) is 6.22. The number of amides is 2. The standard InChI is InChI=1S/C11H14N2O/c1-3-13-10-6-8(2)4-5-9(10)7-12-11(13)14/h4-6H,3,7H2,1-2H3,(H,12,14). The molecule has 0 spiro atoms. The fourth-order valence-corrected chi connectivity index (χ4v) is 1.76. The lowest BCUT2D eigenvalue weighted by Gasteiger charge is -2.29. The molecule has 3 nitrogen and oxygen atoms in total. The number of nitrogens with zero attached hydrogens (tertiary/aromatic N) is 1. The predicted molar refractivity (Wildman–Crippen MR) is 56.4 cm³/mol. The lowest BCUT2D eigenvalue weighted by atomic mass is 10.1. The summed E-state index contributed by atoms with van der Waals surface area (Å²) in [5.41, 5.74) is 3.44. The Labute approximate surface area is 83.7 Å². The minimum atomic E-state index is 0.00519. The smallest absolute Gasteiger partial charge is 0.322 e. The van der Waals surface area contributed by atoms with Crippen molar-refractivity contribution < 1.29 is 4.79 Å². The monoisotopic (exact) mass is 190 g/mol. The molecule has 1 aliphatic heterocycles. The van der Waals surface area contributed by atoms with Gasteiger partial charge in [-0.2, -0.15) is 0 Å². The van der Waals surface area contributed by atoms with Crippen LogP contribution in [0.25, 0.3) is 0 Å². The lowest BCUT2D eigenvalue weighted by Crippen LogP contribution is -2.44. The average Bonchev–Trinajstić information content (AvgIpc) is 2.17. The topological polar surface area (TPSA) is 32.3 Å². The van der Waals surface area contributed by atoms with Crippen LogP contribution >= 0.6 is 0 Å². The van der Waals surface area contributed by atoms with E-state index in [0.29, 0.717) is 13.1 Å². The molecule has 1 aliphatic rings. The molecule has 0 atom stereocenters. The minimum Gasteiger partial charge on any atom is -0.334 e. The molecule has 0 saturated heterocycles. The predicted octanol–water partition coefficient (Wildman–Crippen LogP) is 2.04. The molecule has 3 heteroatoms. The van der Waals surface area contributed by atoms with E-state index in [0.717, 1.165) is 5.69 Å². The fraction of sp³-hybridized carbons (Fsp3) is 0.364. The second-order valence-corrected chi connectivity index (χ2v) is 3.54. The largest absolute Gasteiger partial charge is 0.334 e. The van der Waals surface area contributed by atoms with Crippen molar-refractivity contribution in [2.75, 3.05) is 11.4 Å². The maximum Gasteiger partial charge on any atom is 0.322 e. The molecule has 1 aromatic carbocycles. The summed E-state index contributed by atoms with van der Waals surface area (Å²) in [6.07, 6.45) is 0. The zero-order valence-electron chi connectivity index (χ0n) is 8.50. The molecule has 0 unspecified atom stereocenters. The number of benzene rings is 1. The van der Waals surface area contributed by atoms with Gasteiger partial charge in [-0.3, -0.25) is 4.90 Å². The molecule has 1 heterocycles. The van der Waals surface area contributed by atoms with Crippen LogP contribution in [0.3, 0.4) is 0 Å². The molecular weight excluding hydrogens is 176 g/mol. The number of aryl methyl sites for hydroxylation is 1. The summed E-state index contributed by atoms with van der Waals surface area (Å²) in [7, 11) is 0. The number of hydrogen-bond donors (Lipinski definition) is 1. The number of nitrogens with one attached hydrogen (secondary N) is 1. The Morgan fingerprint density at radius 1 is 1.50 bits per heavy atom. The molecule has 1 N–H and O–H groups in total. The summed E-state index contributed by atoms with van der Waals surface area (Å²) >= 11 is 0. The molecular formula is C11H14N2O. The first kappa shape index (κ1) is 9.06. The van der Waals surface area contributed by atoms with E-state index in [-0.39, 0.29) is 6.03 Å². The van der Waals surface area contributed by atoms with Gasteiger partial charge in [-0.05, 0) is 31.0 Å². The number of hydrogen-bond acceptors (Lipinski definition) is 1. The molecule has 0 fully saturated rings. The zero-order chi connectivity index (χ0) is 10.1. The Hall–Kier alpha value is -1.51. The second kappa shape index (κ2) is 3.33. The van der Waals surface area contributed by atoms with E-state index < -0.39 is 0 Å². The zero-order valence-corrected chi connectivity index (χ0v) is 8.50. The maximum atomic E-state index is 11.5. The van der Waals surface area contributed by atoms with E-state index in [1.165, 1.54) is 11.1 Å². The third-order valence-electron chi connectivity index (χ3n) is 2.52. The molecule has 2 rings (SSSR count). The van der Waals surface area contributed by atoms with Crippen molar-refractivity contribution in [3.8, 4) is 0 Å². The van der Waals surface area contributed by atoms with Crippen LogP contribution in [0, 0.1) is 6.92 Å². The summed E-state index contributed by atoms with van der Waals surface area (Å²) in [4.78, 5) is 13.3. The molecule has 1 aromatic rings. The van der Waals surface area contributed by atoms with Crippen LogP contribution in [-0.4, -0.2) is 12.6 Å². The molecule has 14 heavy (non-hydrogen) atoms. The third-order valence-corrected chi connectivity index (χ3v) is 2.52. The Kier molecular flexibility index (Phi) is 2.15. The Bertz CT molecular complexity index is 374. The summed E-state index contributed by atoms with van der Waals surface area (Å²) in [6.45, 7) is 5.38. The molecule has 0 radical (unpaired) electrons. The van der Waals surface area contributed by atoms with Gasteiger partial charge in [0.05, 0.1) is 5.69 Å². The first-order valence-corrected chi connectivity index (χ1v) is 4.87. The highest BCUT2D eigenvalue weighted by molar-refractivity contribution is 5.94. The minimum absolute atomic E-state index is 0.00519. The van der Waals surface area contributed by atoms with Crippen molar-refractivity contribution in [3.05, 3.63) is 29.3 Å². The van der Waals surface area contributed by atoms with Crippen molar-refractivity contribution in [3.63, 3.8) is 0 Å². The van der Waals surface area contributed by atoms with E-state index in [9.17, 15) is 4.79 Å². The van der Waals surface area contributed by atoms with E-state index in [2.05, 4.69) is 23.5 Å². The number of urea groups is 1. The summed E-state index contributed by atoms with van der Waals surface area (Å²) < 4.78 is 0. The van der Waals surface area contributed by atoms with Gasteiger partial charge in [0.2, 0.25) is 0 Å². The Morgan fingerprint density at radius 3 is 3.00 bits per heavy atom. The number of carbonyl (C=O) groups is 1. The number of rotatable bonds is 1. The number of carbonyl (C=O) groups excluding carboxylic acids is 1. The van der Waals surface area contributed by atoms with E-state index >= 15 is 0 Å². The first-order valence-electron chi connectivity index (χ1n) is 4.87. The quantitative estimate of drug-likeness (QED) is 0.722. The average molecular weight is 190 g/mol. The van der Waals surface area contributed by atoms with Crippen LogP contribution in [0.15, 0.2) is 18.2 Å². The van der Waals surface area contributed by atoms with Crippen LogP contribution < -0.4 is 10.2 Å².